The molecule has 96 valence electrons. The van der Waals surface area contributed by atoms with Crippen molar-refractivity contribution in [3.05, 3.63) is 28.5 Å². The van der Waals surface area contributed by atoms with Crippen LogP contribution in [0.15, 0.2) is 18.2 Å². The highest BCUT2D eigenvalue weighted by molar-refractivity contribution is 7.71. The lowest BCUT2D eigenvalue weighted by Gasteiger charge is -2.30. The van der Waals surface area contributed by atoms with Crippen molar-refractivity contribution in [2.24, 2.45) is 0 Å². The van der Waals surface area contributed by atoms with E-state index in [2.05, 4.69) is 46.6 Å². The highest BCUT2D eigenvalue weighted by atomic mass is 32.1. The highest BCUT2D eigenvalue weighted by Crippen LogP contribution is 2.28. The molecular weight excluding hydrogens is 242 g/mol. The summed E-state index contributed by atoms with van der Waals surface area (Å²) >= 11 is 5.52. The minimum absolute atomic E-state index is 0.545. The van der Waals surface area contributed by atoms with E-state index in [1.807, 2.05) is 0 Å². The maximum Gasteiger partial charge on any atom is 0.178 e. The van der Waals surface area contributed by atoms with Gasteiger partial charge >= 0.3 is 0 Å². The summed E-state index contributed by atoms with van der Waals surface area (Å²) in [6, 6.07) is 6.91. The van der Waals surface area contributed by atoms with Crippen molar-refractivity contribution in [2.75, 3.05) is 20.1 Å². The zero-order valence-corrected chi connectivity index (χ0v) is 11.8. The third-order valence-corrected chi connectivity index (χ3v) is 4.29. The van der Waals surface area contributed by atoms with E-state index >= 15 is 0 Å². The minimum Gasteiger partial charge on any atom is -0.331 e. The molecule has 0 spiro atoms. The van der Waals surface area contributed by atoms with E-state index in [0.29, 0.717) is 6.04 Å². The number of likely N-dealkylation sites (tertiary alicyclic amines) is 1. The molecule has 1 saturated heterocycles. The molecule has 1 aliphatic rings. The Labute approximate surface area is 112 Å². The molecule has 1 aromatic carbocycles. The van der Waals surface area contributed by atoms with Crippen LogP contribution < -0.4 is 0 Å². The average Bonchev–Trinajstić information content (AvgIpc) is 2.68. The summed E-state index contributed by atoms with van der Waals surface area (Å²) in [5.74, 6) is 0. The molecule has 0 radical (unpaired) electrons. The standard InChI is InChI=1S/C14H19N3S/c1-10-4-3-5-12-13(10)17(14(18)15-12)11-6-8-16(2)9-7-11/h3-5,11H,6-9H2,1-2H3,(H,15,18). The first-order valence-electron chi connectivity index (χ1n) is 6.55. The molecular formula is C14H19N3S. The van der Waals surface area contributed by atoms with Crippen LogP contribution in [-0.4, -0.2) is 34.6 Å². The number of nitrogens with zero attached hydrogens (tertiary/aromatic N) is 2. The van der Waals surface area contributed by atoms with Gasteiger partial charge in [0.05, 0.1) is 11.0 Å². The van der Waals surface area contributed by atoms with Gasteiger partial charge in [0.1, 0.15) is 0 Å². The number of aromatic nitrogens is 2. The third-order valence-electron chi connectivity index (χ3n) is 3.99. The Morgan fingerprint density at radius 2 is 2.00 bits per heavy atom. The number of hydrogen-bond donors (Lipinski definition) is 1. The molecule has 4 heteroatoms. The summed E-state index contributed by atoms with van der Waals surface area (Å²) in [5, 5.41) is 0. The smallest absolute Gasteiger partial charge is 0.178 e. The molecule has 0 aliphatic carbocycles. The average molecular weight is 261 g/mol. The third kappa shape index (κ3) is 1.89. The molecule has 0 atom stereocenters. The lowest BCUT2D eigenvalue weighted by atomic mass is 10.0. The molecule has 0 amide bonds. The van der Waals surface area contributed by atoms with Crippen LogP contribution in [0.2, 0.25) is 0 Å². The Balaban J connectivity index is 2.11. The first-order valence-corrected chi connectivity index (χ1v) is 6.96. The van der Waals surface area contributed by atoms with Crippen molar-refractivity contribution < 1.29 is 0 Å². The fraction of sp³-hybridized carbons (Fsp3) is 0.500. The van der Waals surface area contributed by atoms with E-state index in [1.54, 1.807) is 0 Å². The first kappa shape index (κ1) is 11.9. The van der Waals surface area contributed by atoms with Gasteiger partial charge in [0.15, 0.2) is 4.77 Å². The summed E-state index contributed by atoms with van der Waals surface area (Å²) in [6.45, 7) is 4.48. The number of aromatic amines is 1. The number of imidazole rings is 1. The SMILES string of the molecule is Cc1cccc2[nH]c(=S)n(C3CCN(C)CC3)c12. The molecule has 0 unspecified atom stereocenters. The summed E-state index contributed by atoms with van der Waals surface area (Å²) < 4.78 is 3.21. The fourth-order valence-corrected chi connectivity index (χ4v) is 3.31. The molecule has 2 aromatic rings. The first-order chi connectivity index (χ1) is 8.66. The highest BCUT2D eigenvalue weighted by Gasteiger charge is 2.21. The largest absolute Gasteiger partial charge is 0.331 e. The van der Waals surface area contributed by atoms with Crippen LogP contribution in [0.5, 0.6) is 0 Å². The van der Waals surface area contributed by atoms with Crippen molar-refractivity contribution in [1.82, 2.24) is 14.5 Å². The summed E-state index contributed by atoms with van der Waals surface area (Å²) in [7, 11) is 2.19. The number of nitrogens with one attached hydrogen (secondary N) is 1. The maximum absolute atomic E-state index is 5.52. The fourth-order valence-electron chi connectivity index (χ4n) is 2.96. The number of H-pyrrole nitrogens is 1. The van der Waals surface area contributed by atoms with E-state index < -0.39 is 0 Å². The molecule has 0 bridgehead atoms. The van der Waals surface area contributed by atoms with Crippen LogP contribution in [0.3, 0.4) is 0 Å². The number of para-hydroxylation sites is 1. The van der Waals surface area contributed by atoms with Gasteiger partial charge in [-0.2, -0.15) is 0 Å². The number of fused-ring (bicyclic) bond motifs is 1. The topological polar surface area (TPSA) is 24.0 Å². The Kier molecular flexibility index (Phi) is 2.99. The number of aryl methyl sites for hydroxylation is 1. The molecule has 2 heterocycles. The summed E-state index contributed by atoms with van der Waals surface area (Å²) in [5.41, 5.74) is 3.76. The van der Waals surface area contributed by atoms with Crippen molar-refractivity contribution in [3.8, 4) is 0 Å². The summed E-state index contributed by atoms with van der Waals surface area (Å²) in [6.07, 6.45) is 2.37. The zero-order chi connectivity index (χ0) is 12.7. The summed E-state index contributed by atoms with van der Waals surface area (Å²) in [4.78, 5) is 5.73. The van der Waals surface area contributed by atoms with Crippen LogP contribution in [0, 0.1) is 11.7 Å². The van der Waals surface area contributed by atoms with Crippen LogP contribution in [0.1, 0.15) is 24.4 Å². The molecule has 0 saturated carbocycles. The second-order valence-corrected chi connectivity index (χ2v) is 5.69. The molecule has 3 rings (SSSR count). The Morgan fingerprint density at radius 3 is 2.72 bits per heavy atom. The predicted molar refractivity (Wildman–Crippen MR) is 77.6 cm³/mol. The Bertz CT molecular complexity index is 617. The second-order valence-electron chi connectivity index (χ2n) is 5.31. The van der Waals surface area contributed by atoms with Crippen molar-refractivity contribution >= 4 is 23.3 Å². The minimum atomic E-state index is 0.545. The van der Waals surface area contributed by atoms with Crippen molar-refractivity contribution in [2.45, 2.75) is 25.8 Å². The van der Waals surface area contributed by atoms with Crippen molar-refractivity contribution in [1.29, 1.82) is 0 Å². The van der Waals surface area contributed by atoms with E-state index in [0.717, 1.165) is 17.9 Å². The van der Waals surface area contributed by atoms with Gasteiger partial charge in [-0.3, -0.25) is 0 Å². The Morgan fingerprint density at radius 1 is 1.28 bits per heavy atom. The molecule has 1 fully saturated rings. The van der Waals surface area contributed by atoms with Crippen LogP contribution in [-0.2, 0) is 0 Å². The van der Waals surface area contributed by atoms with E-state index in [4.69, 9.17) is 12.2 Å². The number of piperidine rings is 1. The predicted octanol–water partition coefficient (Wildman–Crippen LogP) is 3.27. The Hall–Kier alpha value is -1.13. The van der Waals surface area contributed by atoms with Crippen LogP contribution in [0.4, 0.5) is 0 Å². The maximum atomic E-state index is 5.52. The van der Waals surface area contributed by atoms with E-state index in [9.17, 15) is 0 Å². The van der Waals surface area contributed by atoms with Gasteiger partial charge in [0.2, 0.25) is 0 Å². The van der Waals surface area contributed by atoms with Gasteiger partial charge in [-0.1, -0.05) is 12.1 Å². The van der Waals surface area contributed by atoms with E-state index in [-0.39, 0.29) is 0 Å². The lowest BCUT2D eigenvalue weighted by Crippen LogP contribution is -2.31. The van der Waals surface area contributed by atoms with Gasteiger partial charge in [-0.05, 0) is 63.8 Å². The lowest BCUT2D eigenvalue weighted by molar-refractivity contribution is 0.223. The molecule has 1 N–H and O–H groups in total. The quantitative estimate of drug-likeness (QED) is 0.797. The van der Waals surface area contributed by atoms with Gasteiger partial charge < -0.3 is 14.5 Å². The zero-order valence-electron chi connectivity index (χ0n) is 10.9. The molecule has 3 nitrogen and oxygen atoms in total. The van der Waals surface area contributed by atoms with Crippen LogP contribution in [0.25, 0.3) is 11.0 Å². The van der Waals surface area contributed by atoms with Gasteiger partial charge in [-0.25, -0.2) is 0 Å². The molecule has 1 aromatic heterocycles. The number of rotatable bonds is 1. The monoisotopic (exact) mass is 261 g/mol. The second kappa shape index (κ2) is 4.52. The van der Waals surface area contributed by atoms with Gasteiger partial charge in [0.25, 0.3) is 0 Å². The number of hydrogen-bond acceptors (Lipinski definition) is 2. The normalized spacial score (nSPS) is 18.6. The van der Waals surface area contributed by atoms with Gasteiger partial charge in [0, 0.05) is 6.04 Å². The van der Waals surface area contributed by atoms with Gasteiger partial charge in [-0.15, -0.1) is 0 Å². The molecule has 1 aliphatic heterocycles. The number of benzene rings is 1. The van der Waals surface area contributed by atoms with Crippen LogP contribution >= 0.6 is 12.2 Å². The van der Waals surface area contributed by atoms with Crippen molar-refractivity contribution in [3.63, 3.8) is 0 Å². The molecule has 18 heavy (non-hydrogen) atoms. The van der Waals surface area contributed by atoms with E-state index in [1.165, 1.54) is 29.4 Å².